The molecule has 2 heterocycles. The molecule has 0 aromatic carbocycles. The van der Waals surface area contributed by atoms with Crippen molar-refractivity contribution in [2.45, 2.75) is 38.9 Å². The molecule has 88 valence electrons. The zero-order valence-corrected chi connectivity index (χ0v) is 10.6. The maximum Gasteiger partial charge on any atom is 0.350 e. The van der Waals surface area contributed by atoms with E-state index in [1.807, 2.05) is 6.92 Å². The lowest BCUT2D eigenvalue weighted by Gasteiger charge is -2.40. The molecule has 0 aromatic rings. The number of rotatable bonds is 1. The van der Waals surface area contributed by atoms with Crippen molar-refractivity contribution in [2.24, 2.45) is 5.41 Å². The van der Waals surface area contributed by atoms with Gasteiger partial charge in [0.05, 0.1) is 13.2 Å². The molecule has 0 spiro atoms. The molecule has 2 saturated heterocycles. The molecule has 2 rings (SSSR count). The number of hydrogen-bond donors (Lipinski definition) is 1. The van der Waals surface area contributed by atoms with Gasteiger partial charge in [0.25, 0.3) is 0 Å². The maximum atomic E-state index is 12.5. The van der Waals surface area contributed by atoms with Gasteiger partial charge in [-0.25, -0.2) is 0 Å². The van der Waals surface area contributed by atoms with Crippen LogP contribution in [0.5, 0.6) is 0 Å². The fraction of sp³-hybridized carbons (Fsp3) is 1.00. The van der Waals surface area contributed by atoms with Gasteiger partial charge in [0, 0.05) is 5.41 Å². The number of hydrogen-bond acceptors (Lipinski definition) is 4. The first-order valence-corrected chi connectivity index (χ1v) is 7.06. The Bertz CT molecular complexity index is 283. The van der Waals surface area contributed by atoms with Gasteiger partial charge in [-0.3, -0.25) is 4.57 Å². The highest BCUT2D eigenvalue weighted by atomic mass is 31.2. The minimum atomic E-state index is -2.96. The Morgan fingerprint density at radius 3 is 2.27 bits per heavy atom. The maximum absolute atomic E-state index is 12.5. The predicted octanol–water partition coefficient (Wildman–Crippen LogP) is 2.35. The molecule has 2 aliphatic heterocycles. The predicted molar refractivity (Wildman–Crippen MR) is 58.9 cm³/mol. The van der Waals surface area contributed by atoms with Crippen molar-refractivity contribution >= 4 is 7.60 Å². The standard InChI is InChI=1S/C10H20NO3P/c1-9(2)7-13-15(12,14-8-9)10(3)5-4-6-11-10/h11H,4-8H2,1-3H3. The SMILES string of the molecule is CC1(C)COP(=O)(C2(C)CCCN2)OC1. The van der Waals surface area contributed by atoms with Crippen LogP contribution in [-0.2, 0) is 13.6 Å². The van der Waals surface area contributed by atoms with Crippen molar-refractivity contribution in [2.75, 3.05) is 19.8 Å². The third kappa shape index (κ3) is 2.01. The monoisotopic (exact) mass is 233 g/mol. The summed E-state index contributed by atoms with van der Waals surface area (Å²) < 4.78 is 23.6. The van der Waals surface area contributed by atoms with Gasteiger partial charge >= 0.3 is 7.60 Å². The molecule has 15 heavy (non-hydrogen) atoms. The summed E-state index contributed by atoms with van der Waals surface area (Å²) in [5.41, 5.74) is -0.0249. The van der Waals surface area contributed by atoms with Crippen molar-refractivity contribution in [3.05, 3.63) is 0 Å². The van der Waals surface area contributed by atoms with Crippen LogP contribution in [0.2, 0.25) is 0 Å². The van der Waals surface area contributed by atoms with Gasteiger partial charge in [0.15, 0.2) is 0 Å². The van der Waals surface area contributed by atoms with Gasteiger partial charge in [-0.15, -0.1) is 0 Å². The lowest BCUT2D eigenvalue weighted by Crippen LogP contribution is -2.42. The average Bonchev–Trinajstić information content (AvgIpc) is 2.60. The Hall–Kier alpha value is 0.110. The Morgan fingerprint density at radius 2 is 1.80 bits per heavy atom. The summed E-state index contributed by atoms with van der Waals surface area (Å²) in [6.07, 6.45) is 1.90. The van der Waals surface area contributed by atoms with Crippen LogP contribution in [0.3, 0.4) is 0 Å². The minimum Gasteiger partial charge on any atom is -0.307 e. The van der Waals surface area contributed by atoms with Gasteiger partial charge in [-0.05, 0) is 26.3 Å². The van der Waals surface area contributed by atoms with Crippen LogP contribution in [0.25, 0.3) is 0 Å². The summed E-state index contributed by atoms with van der Waals surface area (Å²) in [4.78, 5) is 0. The Morgan fingerprint density at radius 1 is 1.20 bits per heavy atom. The van der Waals surface area contributed by atoms with E-state index in [9.17, 15) is 4.57 Å². The Labute approximate surface area is 91.3 Å². The van der Waals surface area contributed by atoms with Crippen molar-refractivity contribution < 1.29 is 13.6 Å². The van der Waals surface area contributed by atoms with Gasteiger partial charge in [0.1, 0.15) is 5.28 Å². The first-order chi connectivity index (χ1) is 6.87. The highest BCUT2D eigenvalue weighted by molar-refractivity contribution is 7.55. The smallest absolute Gasteiger partial charge is 0.307 e. The average molecular weight is 233 g/mol. The van der Waals surface area contributed by atoms with E-state index in [2.05, 4.69) is 19.2 Å². The third-order valence-electron chi connectivity index (χ3n) is 3.20. The lowest BCUT2D eigenvalue weighted by molar-refractivity contribution is 0.0316. The fourth-order valence-electron chi connectivity index (χ4n) is 2.00. The van der Waals surface area contributed by atoms with E-state index in [1.165, 1.54) is 0 Å². The highest BCUT2D eigenvalue weighted by Gasteiger charge is 2.52. The Kier molecular flexibility index (Phi) is 2.75. The van der Waals surface area contributed by atoms with Crippen molar-refractivity contribution in [3.8, 4) is 0 Å². The van der Waals surface area contributed by atoms with Crippen LogP contribution < -0.4 is 5.32 Å². The first kappa shape index (κ1) is 11.6. The summed E-state index contributed by atoms with van der Waals surface area (Å²) in [7, 11) is -2.96. The topological polar surface area (TPSA) is 47.6 Å². The van der Waals surface area contributed by atoms with Gasteiger partial charge in [-0.1, -0.05) is 13.8 Å². The summed E-state index contributed by atoms with van der Waals surface area (Å²) in [5.74, 6) is 0. The van der Waals surface area contributed by atoms with E-state index in [0.29, 0.717) is 13.2 Å². The van der Waals surface area contributed by atoms with Crippen molar-refractivity contribution in [1.29, 1.82) is 0 Å². The molecule has 0 amide bonds. The van der Waals surface area contributed by atoms with Gasteiger partial charge in [0.2, 0.25) is 0 Å². The van der Waals surface area contributed by atoms with E-state index in [1.54, 1.807) is 0 Å². The van der Waals surface area contributed by atoms with Crippen LogP contribution in [0.15, 0.2) is 0 Å². The third-order valence-corrected chi connectivity index (χ3v) is 5.73. The summed E-state index contributed by atoms with van der Waals surface area (Å²) >= 11 is 0. The van der Waals surface area contributed by atoms with E-state index < -0.39 is 12.9 Å². The summed E-state index contributed by atoms with van der Waals surface area (Å²) in [5, 5.41) is 2.79. The summed E-state index contributed by atoms with van der Waals surface area (Å²) in [6.45, 7) is 7.99. The lowest BCUT2D eigenvalue weighted by atomic mass is 9.97. The Balaban J connectivity index is 2.12. The van der Waals surface area contributed by atoms with Gasteiger partial charge in [-0.2, -0.15) is 0 Å². The second-order valence-corrected chi connectivity index (χ2v) is 8.01. The van der Waals surface area contributed by atoms with E-state index >= 15 is 0 Å². The molecule has 0 bridgehead atoms. The van der Waals surface area contributed by atoms with Crippen molar-refractivity contribution in [1.82, 2.24) is 5.32 Å². The molecular formula is C10H20NO3P. The van der Waals surface area contributed by atoms with Crippen LogP contribution >= 0.6 is 7.60 Å². The van der Waals surface area contributed by atoms with E-state index in [-0.39, 0.29) is 5.41 Å². The van der Waals surface area contributed by atoms with Crippen LogP contribution in [-0.4, -0.2) is 25.0 Å². The molecule has 0 aliphatic carbocycles. The fourth-order valence-corrected chi connectivity index (χ4v) is 4.42. The quantitative estimate of drug-likeness (QED) is 0.706. The van der Waals surface area contributed by atoms with E-state index in [0.717, 1.165) is 19.4 Å². The molecule has 1 atom stereocenters. The molecular weight excluding hydrogens is 213 g/mol. The van der Waals surface area contributed by atoms with Crippen LogP contribution in [0.1, 0.15) is 33.6 Å². The zero-order valence-electron chi connectivity index (χ0n) is 9.71. The second-order valence-electron chi connectivity index (χ2n) is 5.51. The molecule has 0 radical (unpaired) electrons. The summed E-state index contributed by atoms with van der Waals surface area (Å²) in [6, 6.07) is 0. The normalized spacial score (nSPS) is 39.1. The molecule has 4 nitrogen and oxygen atoms in total. The highest BCUT2D eigenvalue weighted by Crippen LogP contribution is 2.64. The first-order valence-electron chi connectivity index (χ1n) is 5.51. The molecule has 2 fully saturated rings. The van der Waals surface area contributed by atoms with E-state index in [4.69, 9.17) is 9.05 Å². The molecule has 0 aromatic heterocycles. The zero-order chi connectivity index (χ0) is 11.2. The van der Waals surface area contributed by atoms with Crippen LogP contribution in [0.4, 0.5) is 0 Å². The molecule has 2 aliphatic rings. The largest absolute Gasteiger partial charge is 0.350 e. The van der Waals surface area contributed by atoms with Gasteiger partial charge < -0.3 is 14.4 Å². The van der Waals surface area contributed by atoms with Crippen molar-refractivity contribution in [3.63, 3.8) is 0 Å². The molecule has 1 N–H and O–H groups in total. The molecule has 5 heteroatoms. The molecule has 1 unspecified atom stereocenters. The number of nitrogens with one attached hydrogen (secondary N) is 1. The van der Waals surface area contributed by atoms with Crippen LogP contribution in [0, 0.1) is 5.41 Å². The molecule has 0 saturated carbocycles. The minimum absolute atomic E-state index is 0.0249. The second kappa shape index (κ2) is 3.56.